The van der Waals surface area contributed by atoms with E-state index in [1.165, 1.54) is 17.5 Å². The van der Waals surface area contributed by atoms with E-state index in [0.717, 1.165) is 43.2 Å². The molecule has 2 N–H and O–H groups in total. The Bertz CT molecular complexity index is 587. The van der Waals surface area contributed by atoms with Gasteiger partial charge in [0.05, 0.1) is 17.6 Å². The van der Waals surface area contributed by atoms with E-state index >= 15 is 0 Å². The molecule has 2 atom stereocenters. The fraction of sp³-hybridized carbons (Fsp3) is 0.632. The summed E-state index contributed by atoms with van der Waals surface area (Å²) in [6.45, 7) is 6.27. The lowest BCUT2D eigenvalue weighted by atomic mass is 9.74. The van der Waals surface area contributed by atoms with Gasteiger partial charge < -0.3 is 10.4 Å². The summed E-state index contributed by atoms with van der Waals surface area (Å²) in [5.74, 6) is -0.398. The van der Waals surface area contributed by atoms with Crippen LogP contribution in [-0.2, 0) is 11.2 Å². The summed E-state index contributed by atoms with van der Waals surface area (Å²) in [6, 6.07) is 4.29. The number of carbonyl (C=O) groups excluding carboxylic acids is 1. The summed E-state index contributed by atoms with van der Waals surface area (Å²) in [5, 5.41) is 14.2. The number of aryl methyl sites for hydroxylation is 3. The van der Waals surface area contributed by atoms with Gasteiger partial charge in [-0.2, -0.15) is 0 Å². The summed E-state index contributed by atoms with van der Waals surface area (Å²) in [5.41, 5.74) is 4.22. The Balaban J connectivity index is 2.03. The Morgan fingerprint density at radius 1 is 1.23 bits per heavy atom. The van der Waals surface area contributed by atoms with Crippen LogP contribution in [0.25, 0.3) is 0 Å². The van der Waals surface area contributed by atoms with Crippen LogP contribution in [0.15, 0.2) is 12.1 Å². The molecule has 0 aromatic heterocycles. The Kier molecular flexibility index (Phi) is 4.02. The molecule has 3 rings (SSSR count). The summed E-state index contributed by atoms with van der Waals surface area (Å²) < 4.78 is 0. The minimum atomic E-state index is -0.605. The second kappa shape index (κ2) is 5.69. The van der Waals surface area contributed by atoms with Crippen LogP contribution in [0.2, 0.25) is 0 Å². The minimum Gasteiger partial charge on any atom is -0.389 e. The van der Waals surface area contributed by atoms with Crippen LogP contribution < -0.4 is 5.32 Å². The molecule has 2 aliphatic rings. The van der Waals surface area contributed by atoms with Crippen LogP contribution in [0.5, 0.6) is 0 Å². The molecule has 1 aliphatic heterocycles. The maximum Gasteiger partial charge on any atom is 0.230 e. The quantitative estimate of drug-likeness (QED) is 0.881. The van der Waals surface area contributed by atoms with Crippen LogP contribution >= 0.6 is 0 Å². The number of carbonyl (C=O) groups is 1. The maximum atomic E-state index is 12.7. The van der Waals surface area contributed by atoms with Crippen molar-refractivity contribution in [2.24, 2.45) is 0 Å². The average molecular weight is 301 g/mol. The van der Waals surface area contributed by atoms with Gasteiger partial charge in [0.15, 0.2) is 0 Å². The van der Waals surface area contributed by atoms with Crippen LogP contribution in [-0.4, -0.2) is 22.7 Å². The highest BCUT2D eigenvalue weighted by atomic mass is 16.3. The first kappa shape index (κ1) is 15.5. The molecular formula is C19H27NO2. The fourth-order valence-corrected chi connectivity index (χ4v) is 4.56. The predicted molar refractivity (Wildman–Crippen MR) is 88.0 cm³/mol. The lowest BCUT2D eigenvalue weighted by Crippen LogP contribution is -2.50. The van der Waals surface area contributed by atoms with E-state index in [-0.39, 0.29) is 11.4 Å². The van der Waals surface area contributed by atoms with Crippen LogP contribution in [0, 0.1) is 13.8 Å². The largest absolute Gasteiger partial charge is 0.389 e. The molecule has 1 saturated heterocycles. The fourth-order valence-electron chi connectivity index (χ4n) is 4.56. The van der Waals surface area contributed by atoms with E-state index in [2.05, 4.69) is 38.2 Å². The molecule has 1 saturated carbocycles. The van der Waals surface area contributed by atoms with Gasteiger partial charge in [-0.25, -0.2) is 0 Å². The SMILES string of the molecule is CCc1cc(C)cc(C)c1C1C(=O)NC2(CCCCC2)C1O. The number of aliphatic hydroxyl groups excluding tert-OH is 1. The van der Waals surface area contributed by atoms with E-state index in [1.54, 1.807) is 0 Å². The first-order valence-electron chi connectivity index (χ1n) is 8.58. The molecule has 2 fully saturated rings. The minimum absolute atomic E-state index is 0.0102. The number of benzene rings is 1. The lowest BCUT2D eigenvalue weighted by molar-refractivity contribution is -0.121. The third kappa shape index (κ3) is 2.36. The molecule has 2 unspecified atom stereocenters. The number of hydrogen-bond donors (Lipinski definition) is 2. The smallest absolute Gasteiger partial charge is 0.230 e. The van der Waals surface area contributed by atoms with E-state index in [9.17, 15) is 9.90 Å². The average Bonchev–Trinajstić information content (AvgIpc) is 2.71. The zero-order valence-electron chi connectivity index (χ0n) is 13.9. The number of aliphatic hydroxyl groups is 1. The van der Waals surface area contributed by atoms with Crippen molar-refractivity contribution in [3.63, 3.8) is 0 Å². The van der Waals surface area contributed by atoms with E-state index in [4.69, 9.17) is 0 Å². The standard InChI is InChI=1S/C19H27NO2/c1-4-14-11-12(2)10-13(3)15(14)16-17(21)19(20-18(16)22)8-6-5-7-9-19/h10-11,16-17,21H,4-9H2,1-3H3,(H,20,22). The molecular weight excluding hydrogens is 274 g/mol. The van der Waals surface area contributed by atoms with Gasteiger partial charge in [-0.1, -0.05) is 43.9 Å². The Morgan fingerprint density at radius 2 is 1.91 bits per heavy atom. The summed E-state index contributed by atoms with van der Waals surface area (Å²) >= 11 is 0. The van der Waals surface area contributed by atoms with Gasteiger partial charge in [-0.3, -0.25) is 4.79 Å². The van der Waals surface area contributed by atoms with Crippen LogP contribution in [0.3, 0.4) is 0 Å². The zero-order chi connectivity index (χ0) is 15.9. The molecule has 1 aromatic carbocycles. The van der Waals surface area contributed by atoms with Gasteiger partial charge in [0.2, 0.25) is 5.91 Å². The van der Waals surface area contributed by atoms with E-state index in [0.29, 0.717) is 0 Å². The van der Waals surface area contributed by atoms with Gasteiger partial charge in [-0.15, -0.1) is 0 Å². The van der Waals surface area contributed by atoms with Crippen LogP contribution in [0.4, 0.5) is 0 Å². The van der Waals surface area contributed by atoms with Gasteiger partial charge in [0.1, 0.15) is 0 Å². The normalized spacial score (nSPS) is 27.2. The second-order valence-corrected chi connectivity index (χ2v) is 7.14. The third-order valence-corrected chi connectivity index (χ3v) is 5.59. The highest BCUT2D eigenvalue weighted by Gasteiger charge is 2.53. The van der Waals surface area contributed by atoms with Gasteiger partial charge >= 0.3 is 0 Å². The molecule has 1 amide bonds. The Morgan fingerprint density at radius 3 is 2.55 bits per heavy atom. The first-order valence-corrected chi connectivity index (χ1v) is 8.58. The lowest BCUT2D eigenvalue weighted by Gasteiger charge is -2.37. The van der Waals surface area contributed by atoms with Crippen molar-refractivity contribution in [1.29, 1.82) is 0 Å². The zero-order valence-corrected chi connectivity index (χ0v) is 13.9. The number of hydrogen-bond acceptors (Lipinski definition) is 2. The molecule has 3 nitrogen and oxygen atoms in total. The molecule has 0 bridgehead atoms. The predicted octanol–water partition coefficient (Wildman–Crippen LogP) is 3.14. The van der Waals surface area contributed by atoms with Crippen molar-refractivity contribution in [3.8, 4) is 0 Å². The summed E-state index contributed by atoms with van der Waals surface area (Å²) in [7, 11) is 0. The topological polar surface area (TPSA) is 49.3 Å². The van der Waals surface area contributed by atoms with E-state index in [1.807, 2.05) is 0 Å². The van der Waals surface area contributed by atoms with Gasteiger partial charge in [0, 0.05) is 0 Å². The van der Waals surface area contributed by atoms with Crippen molar-refractivity contribution in [2.75, 3.05) is 0 Å². The van der Waals surface area contributed by atoms with Crippen molar-refractivity contribution in [3.05, 3.63) is 34.4 Å². The highest BCUT2D eigenvalue weighted by molar-refractivity contribution is 5.89. The van der Waals surface area contributed by atoms with E-state index < -0.39 is 12.0 Å². The van der Waals surface area contributed by atoms with Crippen molar-refractivity contribution >= 4 is 5.91 Å². The maximum absolute atomic E-state index is 12.7. The summed E-state index contributed by atoms with van der Waals surface area (Å²) in [4.78, 5) is 12.7. The number of rotatable bonds is 2. The van der Waals surface area contributed by atoms with Gasteiger partial charge in [-0.05, 0) is 49.8 Å². The monoisotopic (exact) mass is 301 g/mol. The Hall–Kier alpha value is -1.35. The molecule has 1 aliphatic carbocycles. The third-order valence-electron chi connectivity index (χ3n) is 5.59. The molecule has 0 radical (unpaired) electrons. The number of amides is 1. The highest BCUT2D eigenvalue weighted by Crippen LogP contribution is 2.43. The van der Waals surface area contributed by atoms with Crippen molar-refractivity contribution < 1.29 is 9.90 Å². The van der Waals surface area contributed by atoms with Crippen molar-refractivity contribution in [1.82, 2.24) is 5.32 Å². The molecule has 1 spiro atoms. The van der Waals surface area contributed by atoms with Crippen molar-refractivity contribution in [2.45, 2.75) is 76.9 Å². The van der Waals surface area contributed by atoms with Gasteiger partial charge in [0.25, 0.3) is 0 Å². The van der Waals surface area contributed by atoms with Crippen LogP contribution in [0.1, 0.15) is 67.2 Å². The molecule has 22 heavy (non-hydrogen) atoms. The Labute approximate surface area is 133 Å². The molecule has 1 aromatic rings. The molecule has 3 heteroatoms. The summed E-state index contributed by atoms with van der Waals surface area (Å²) in [6.07, 6.45) is 5.49. The first-order chi connectivity index (χ1) is 10.5. The second-order valence-electron chi connectivity index (χ2n) is 7.14. The molecule has 120 valence electrons. The number of nitrogens with one attached hydrogen (secondary N) is 1. The molecule has 1 heterocycles.